The van der Waals surface area contributed by atoms with Gasteiger partial charge in [-0.15, -0.1) is 0 Å². The molecule has 0 fully saturated rings. The van der Waals surface area contributed by atoms with E-state index in [0.29, 0.717) is 5.92 Å². The van der Waals surface area contributed by atoms with Crippen molar-refractivity contribution in [2.45, 2.75) is 48.0 Å². The number of nitrogens with zero attached hydrogens (tertiary/aromatic N) is 1. The quantitative estimate of drug-likeness (QED) is 0.631. The predicted octanol–water partition coefficient (Wildman–Crippen LogP) is 3.85. The average Bonchev–Trinajstić information content (AvgIpc) is 2.28. The van der Waals surface area contributed by atoms with Crippen LogP contribution >= 0.6 is 0 Å². The Bertz CT molecular complexity index is 274. The molecule has 0 N–H and O–H groups in total. The highest BCUT2D eigenvalue weighted by Gasteiger charge is 2.27. The normalized spacial score (nSPS) is 18.1. The van der Waals surface area contributed by atoms with Crippen molar-refractivity contribution in [3.8, 4) is 0 Å². The number of aliphatic imine (C=N–C) groups is 1. The molecule has 0 radical (unpaired) electrons. The molecule has 0 bridgehead atoms. The Morgan fingerprint density at radius 3 is 2.29 bits per heavy atom. The summed E-state index contributed by atoms with van der Waals surface area (Å²) in [4.78, 5) is 4.65. The average molecular weight is 193 g/mol. The molecule has 1 heterocycles. The minimum absolute atomic E-state index is 0.258. The van der Waals surface area contributed by atoms with E-state index in [1.54, 1.807) is 0 Å². The second-order valence-electron chi connectivity index (χ2n) is 5.77. The Morgan fingerprint density at radius 1 is 1.29 bits per heavy atom. The first-order valence-corrected chi connectivity index (χ1v) is 5.56. The Morgan fingerprint density at radius 2 is 1.86 bits per heavy atom. The molecule has 1 aliphatic rings. The number of hydrogen-bond acceptors (Lipinski definition) is 1. The van der Waals surface area contributed by atoms with Crippen molar-refractivity contribution in [3.05, 3.63) is 11.1 Å². The van der Waals surface area contributed by atoms with Gasteiger partial charge >= 0.3 is 0 Å². The van der Waals surface area contributed by atoms with E-state index < -0.39 is 0 Å². The number of allylic oxidation sites excluding steroid dienone is 1. The summed E-state index contributed by atoms with van der Waals surface area (Å²) in [5.41, 5.74) is 4.58. The molecule has 80 valence electrons. The summed E-state index contributed by atoms with van der Waals surface area (Å²) in [5, 5.41) is 0. The van der Waals surface area contributed by atoms with Gasteiger partial charge in [-0.3, -0.25) is 4.99 Å². The van der Waals surface area contributed by atoms with Crippen molar-refractivity contribution in [1.82, 2.24) is 0 Å². The van der Waals surface area contributed by atoms with Crippen molar-refractivity contribution in [2.75, 3.05) is 6.54 Å². The monoisotopic (exact) mass is 193 g/mol. The van der Waals surface area contributed by atoms with Gasteiger partial charge in [0, 0.05) is 5.71 Å². The van der Waals surface area contributed by atoms with Gasteiger partial charge in [-0.2, -0.15) is 0 Å². The molecule has 0 aromatic rings. The maximum atomic E-state index is 4.65. The van der Waals surface area contributed by atoms with E-state index in [2.05, 4.69) is 46.5 Å². The molecule has 0 aromatic carbocycles. The van der Waals surface area contributed by atoms with Crippen LogP contribution in [-0.4, -0.2) is 12.3 Å². The third-order valence-corrected chi connectivity index (χ3v) is 2.57. The smallest absolute Gasteiger partial charge is 0.0606 e. The van der Waals surface area contributed by atoms with Crippen LogP contribution in [0.2, 0.25) is 0 Å². The fourth-order valence-electron chi connectivity index (χ4n) is 2.24. The van der Waals surface area contributed by atoms with E-state index in [4.69, 9.17) is 0 Å². The zero-order valence-electron chi connectivity index (χ0n) is 10.4. The molecule has 1 rings (SSSR count). The van der Waals surface area contributed by atoms with Crippen LogP contribution in [0.3, 0.4) is 0 Å². The zero-order chi connectivity index (χ0) is 10.9. The van der Waals surface area contributed by atoms with Crippen LogP contribution in [0, 0.1) is 11.3 Å². The standard InChI is InChI=1S/C13H23N/c1-9(2)7-11-12(13(4,5)6)10(3)8-14-11/h9H,7-8H2,1-6H3. The minimum atomic E-state index is 0.258. The first-order valence-electron chi connectivity index (χ1n) is 5.56. The first-order chi connectivity index (χ1) is 6.32. The first kappa shape index (κ1) is 11.5. The number of hydrogen-bond donors (Lipinski definition) is 0. The second kappa shape index (κ2) is 3.88. The van der Waals surface area contributed by atoms with Crippen LogP contribution in [-0.2, 0) is 0 Å². The van der Waals surface area contributed by atoms with Crippen molar-refractivity contribution in [3.63, 3.8) is 0 Å². The molecule has 0 saturated heterocycles. The topological polar surface area (TPSA) is 12.4 Å². The number of rotatable bonds is 2. The molecule has 1 aliphatic heterocycles. The molecular weight excluding hydrogens is 170 g/mol. The molecule has 0 amide bonds. The molecule has 0 aromatic heterocycles. The molecule has 0 saturated carbocycles. The van der Waals surface area contributed by atoms with E-state index in [1.807, 2.05) is 0 Å². The van der Waals surface area contributed by atoms with Gasteiger partial charge in [-0.05, 0) is 35.8 Å². The van der Waals surface area contributed by atoms with Crippen molar-refractivity contribution in [2.24, 2.45) is 16.3 Å². The highest BCUT2D eigenvalue weighted by atomic mass is 14.8. The molecule has 1 heteroatoms. The van der Waals surface area contributed by atoms with Crippen LogP contribution in [0.15, 0.2) is 16.1 Å². The summed E-state index contributed by atoms with van der Waals surface area (Å²) >= 11 is 0. The summed E-state index contributed by atoms with van der Waals surface area (Å²) in [5.74, 6) is 0.706. The maximum Gasteiger partial charge on any atom is 0.0606 e. The molecular formula is C13H23N. The lowest BCUT2D eigenvalue weighted by atomic mass is 9.80. The van der Waals surface area contributed by atoms with Crippen molar-refractivity contribution < 1.29 is 0 Å². The largest absolute Gasteiger partial charge is 0.285 e. The van der Waals surface area contributed by atoms with Gasteiger partial charge in [0.1, 0.15) is 0 Å². The van der Waals surface area contributed by atoms with Crippen LogP contribution in [0.25, 0.3) is 0 Å². The Labute approximate surface area is 88.3 Å². The van der Waals surface area contributed by atoms with Gasteiger partial charge in [0.25, 0.3) is 0 Å². The van der Waals surface area contributed by atoms with Crippen LogP contribution < -0.4 is 0 Å². The summed E-state index contributed by atoms with van der Waals surface area (Å²) in [6.07, 6.45) is 1.13. The highest BCUT2D eigenvalue weighted by molar-refractivity contribution is 6.03. The molecule has 0 aliphatic carbocycles. The summed E-state index contributed by atoms with van der Waals surface area (Å²) < 4.78 is 0. The van der Waals surface area contributed by atoms with E-state index in [1.165, 1.54) is 16.9 Å². The van der Waals surface area contributed by atoms with Gasteiger partial charge in [-0.1, -0.05) is 34.6 Å². The lowest BCUT2D eigenvalue weighted by molar-refractivity contribution is 0.517. The van der Waals surface area contributed by atoms with Crippen molar-refractivity contribution in [1.29, 1.82) is 0 Å². The Kier molecular flexibility index (Phi) is 3.18. The molecule has 0 unspecified atom stereocenters. The van der Waals surface area contributed by atoms with Crippen LogP contribution in [0.4, 0.5) is 0 Å². The van der Waals surface area contributed by atoms with Gasteiger partial charge in [0.15, 0.2) is 0 Å². The van der Waals surface area contributed by atoms with E-state index in [0.717, 1.165) is 13.0 Å². The highest BCUT2D eigenvalue weighted by Crippen LogP contribution is 2.34. The molecule has 0 atom stereocenters. The van der Waals surface area contributed by atoms with Crippen molar-refractivity contribution >= 4 is 5.71 Å². The SMILES string of the molecule is CC1=C(C(C)(C)C)C(CC(C)C)=NC1. The molecule has 14 heavy (non-hydrogen) atoms. The van der Waals surface area contributed by atoms with E-state index in [-0.39, 0.29) is 5.41 Å². The van der Waals surface area contributed by atoms with E-state index >= 15 is 0 Å². The lowest BCUT2D eigenvalue weighted by Crippen LogP contribution is -2.18. The fraction of sp³-hybridized carbons (Fsp3) is 0.769. The predicted molar refractivity (Wildman–Crippen MR) is 63.9 cm³/mol. The Hall–Kier alpha value is -0.590. The summed E-state index contributed by atoms with van der Waals surface area (Å²) in [6, 6.07) is 0. The zero-order valence-corrected chi connectivity index (χ0v) is 10.4. The van der Waals surface area contributed by atoms with Gasteiger partial charge in [0.2, 0.25) is 0 Å². The van der Waals surface area contributed by atoms with E-state index in [9.17, 15) is 0 Å². The summed E-state index contributed by atoms with van der Waals surface area (Å²) in [7, 11) is 0. The lowest BCUT2D eigenvalue weighted by Gasteiger charge is -2.24. The maximum absolute atomic E-state index is 4.65. The van der Waals surface area contributed by atoms with Gasteiger partial charge < -0.3 is 0 Å². The third kappa shape index (κ3) is 2.46. The third-order valence-electron chi connectivity index (χ3n) is 2.57. The summed E-state index contributed by atoms with van der Waals surface area (Å²) in [6.45, 7) is 14.5. The fourth-order valence-corrected chi connectivity index (χ4v) is 2.24. The Balaban J connectivity index is 2.90. The van der Waals surface area contributed by atoms with Gasteiger partial charge in [0.05, 0.1) is 6.54 Å². The molecule has 0 spiro atoms. The van der Waals surface area contributed by atoms with Crippen LogP contribution in [0.1, 0.15) is 48.0 Å². The second-order valence-corrected chi connectivity index (χ2v) is 5.77. The van der Waals surface area contributed by atoms with Crippen LogP contribution in [0.5, 0.6) is 0 Å². The van der Waals surface area contributed by atoms with Gasteiger partial charge in [-0.25, -0.2) is 0 Å². The molecule has 1 nitrogen and oxygen atoms in total. The minimum Gasteiger partial charge on any atom is -0.285 e.